The van der Waals surface area contributed by atoms with Crippen molar-refractivity contribution in [2.75, 3.05) is 13.7 Å². The molecule has 0 bridgehead atoms. The molecule has 8 heteroatoms. The van der Waals surface area contributed by atoms with Crippen LogP contribution in [-0.2, 0) is 20.9 Å². The average molecular weight is 341 g/mol. The lowest BCUT2D eigenvalue weighted by atomic mass is 9.97. The van der Waals surface area contributed by atoms with Gasteiger partial charge < -0.3 is 34.8 Å². The predicted octanol–water partition coefficient (Wildman–Crippen LogP) is -0.844. The van der Waals surface area contributed by atoms with Gasteiger partial charge in [0.15, 0.2) is 6.29 Å². The van der Waals surface area contributed by atoms with E-state index in [0.717, 1.165) is 5.56 Å². The maximum atomic E-state index is 11.3. The van der Waals surface area contributed by atoms with E-state index in [1.165, 1.54) is 6.92 Å². The third kappa shape index (κ3) is 4.43. The van der Waals surface area contributed by atoms with Crippen LogP contribution in [0.1, 0.15) is 12.5 Å². The van der Waals surface area contributed by atoms with Crippen LogP contribution in [0.5, 0.6) is 5.75 Å². The molecule has 2 rings (SSSR count). The standard InChI is InChI=1S/C16H23NO7/c1-9(19)17-13-15(21)14(20)12(7-18)24-16(13)23-8-10-3-5-11(22-2)6-4-10/h3-6,12-16,18,20-21H,7-8H2,1-2H3,(H,17,19)/t12-,13-,14+,15-,16-/m1/s1. The molecule has 134 valence electrons. The fourth-order valence-corrected chi connectivity index (χ4v) is 2.51. The SMILES string of the molecule is COc1ccc(CO[C@@H]2O[C@H](CO)[C@H](O)[C@H](O)[C@H]2NC(C)=O)cc1. The van der Waals surface area contributed by atoms with Gasteiger partial charge in [-0.3, -0.25) is 4.79 Å². The number of nitrogens with one attached hydrogen (secondary N) is 1. The number of aliphatic hydroxyl groups excluding tert-OH is 3. The highest BCUT2D eigenvalue weighted by Crippen LogP contribution is 2.23. The van der Waals surface area contributed by atoms with E-state index in [9.17, 15) is 20.1 Å². The maximum Gasteiger partial charge on any atom is 0.217 e. The molecule has 0 saturated carbocycles. The molecular formula is C16H23NO7. The molecular weight excluding hydrogens is 318 g/mol. The van der Waals surface area contributed by atoms with Crippen molar-refractivity contribution >= 4 is 5.91 Å². The Morgan fingerprint density at radius 2 is 1.92 bits per heavy atom. The number of hydrogen-bond donors (Lipinski definition) is 4. The van der Waals surface area contributed by atoms with E-state index in [4.69, 9.17) is 14.2 Å². The highest BCUT2D eigenvalue weighted by atomic mass is 16.7. The molecule has 0 spiro atoms. The Balaban J connectivity index is 2.06. The molecule has 5 atom stereocenters. The third-order valence-electron chi connectivity index (χ3n) is 3.82. The Labute approximate surface area is 140 Å². The van der Waals surface area contributed by atoms with E-state index in [-0.39, 0.29) is 6.61 Å². The zero-order chi connectivity index (χ0) is 17.7. The summed E-state index contributed by atoms with van der Waals surface area (Å²) in [6.45, 7) is 0.969. The molecule has 0 aliphatic carbocycles. The highest BCUT2D eigenvalue weighted by molar-refractivity contribution is 5.73. The number of rotatable bonds is 6. The molecule has 0 aromatic heterocycles. The van der Waals surface area contributed by atoms with Crippen LogP contribution in [0.25, 0.3) is 0 Å². The second-order valence-corrected chi connectivity index (χ2v) is 5.59. The number of benzene rings is 1. The van der Waals surface area contributed by atoms with Crippen LogP contribution in [0, 0.1) is 0 Å². The minimum absolute atomic E-state index is 0.158. The molecule has 1 fully saturated rings. The first kappa shape index (κ1) is 18.6. The van der Waals surface area contributed by atoms with Gasteiger partial charge in [0.05, 0.1) is 20.3 Å². The summed E-state index contributed by atoms with van der Waals surface area (Å²) in [5.41, 5.74) is 0.835. The summed E-state index contributed by atoms with van der Waals surface area (Å²) in [5, 5.41) is 31.9. The number of aliphatic hydroxyl groups is 3. The second kappa shape index (κ2) is 8.41. The summed E-state index contributed by atoms with van der Waals surface area (Å²) in [7, 11) is 1.57. The Morgan fingerprint density at radius 1 is 1.25 bits per heavy atom. The first-order valence-corrected chi connectivity index (χ1v) is 7.60. The average Bonchev–Trinajstić information content (AvgIpc) is 2.58. The summed E-state index contributed by atoms with van der Waals surface area (Å²) in [5.74, 6) is 0.318. The smallest absolute Gasteiger partial charge is 0.217 e. The van der Waals surface area contributed by atoms with E-state index < -0.39 is 43.2 Å². The van der Waals surface area contributed by atoms with Crippen LogP contribution in [0.3, 0.4) is 0 Å². The lowest BCUT2D eigenvalue weighted by molar-refractivity contribution is -0.273. The number of hydrogen-bond acceptors (Lipinski definition) is 7. The van der Waals surface area contributed by atoms with Gasteiger partial charge in [0.2, 0.25) is 5.91 Å². The summed E-state index contributed by atoms with van der Waals surface area (Å²) < 4.78 is 16.2. The van der Waals surface area contributed by atoms with E-state index in [1.54, 1.807) is 19.2 Å². The molecule has 1 aromatic carbocycles. The van der Waals surface area contributed by atoms with Crippen molar-refractivity contribution < 1.29 is 34.3 Å². The van der Waals surface area contributed by atoms with Gasteiger partial charge in [-0.1, -0.05) is 12.1 Å². The minimum Gasteiger partial charge on any atom is -0.497 e. The summed E-state index contributed by atoms with van der Waals surface area (Å²) in [6, 6.07) is 6.23. The van der Waals surface area contributed by atoms with Gasteiger partial charge in [0.1, 0.15) is 30.1 Å². The van der Waals surface area contributed by atoms with Crippen LogP contribution in [0.4, 0.5) is 0 Å². The number of methoxy groups -OCH3 is 1. The zero-order valence-electron chi connectivity index (χ0n) is 13.6. The molecule has 0 radical (unpaired) electrons. The second-order valence-electron chi connectivity index (χ2n) is 5.59. The van der Waals surface area contributed by atoms with Crippen LogP contribution < -0.4 is 10.1 Å². The van der Waals surface area contributed by atoms with Crippen LogP contribution in [0.2, 0.25) is 0 Å². The molecule has 1 aliphatic rings. The number of carbonyl (C=O) groups excluding carboxylic acids is 1. The fourth-order valence-electron chi connectivity index (χ4n) is 2.51. The lowest BCUT2D eigenvalue weighted by Crippen LogP contribution is -2.64. The van der Waals surface area contributed by atoms with Gasteiger partial charge in [0, 0.05) is 6.92 Å². The molecule has 1 aliphatic heterocycles. The molecule has 4 N–H and O–H groups in total. The van der Waals surface area contributed by atoms with Crippen molar-refractivity contribution in [3.8, 4) is 5.75 Å². The molecule has 1 heterocycles. The highest BCUT2D eigenvalue weighted by Gasteiger charge is 2.45. The summed E-state index contributed by atoms with van der Waals surface area (Å²) in [4.78, 5) is 11.3. The van der Waals surface area contributed by atoms with E-state index in [0.29, 0.717) is 5.75 Å². The quantitative estimate of drug-likeness (QED) is 0.533. The van der Waals surface area contributed by atoms with E-state index in [2.05, 4.69) is 5.32 Å². The first-order valence-electron chi connectivity index (χ1n) is 7.60. The Bertz CT molecular complexity index is 536. The Morgan fingerprint density at radius 3 is 2.46 bits per heavy atom. The van der Waals surface area contributed by atoms with Crippen molar-refractivity contribution in [2.45, 2.75) is 44.2 Å². The van der Waals surface area contributed by atoms with Gasteiger partial charge in [-0.15, -0.1) is 0 Å². The Hall–Kier alpha value is -1.71. The normalized spacial score (nSPS) is 30.0. The van der Waals surface area contributed by atoms with Crippen LogP contribution in [-0.4, -0.2) is 65.6 Å². The van der Waals surface area contributed by atoms with Gasteiger partial charge in [-0.25, -0.2) is 0 Å². The Kier molecular flexibility index (Phi) is 6.52. The number of carbonyl (C=O) groups is 1. The number of ether oxygens (including phenoxy) is 3. The van der Waals surface area contributed by atoms with Crippen LogP contribution in [0.15, 0.2) is 24.3 Å². The summed E-state index contributed by atoms with van der Waals surface area (Å²) in [6.07, 6.45) is -4.65. The molecule has 1 saturated heterocycles. The first-order chi connectivity index (χ1) is 11.5. The molecule has 24 heavy (non-hydrogen) atoms. The number of amides is 1. The largest absolute Gasteiger partial charge is 0.497 e. The van der Waals surface area contributed by atoms with Gasteiger partial charge in [0.25, 0.3) is 0 Å². The van der Waals surface area contributed by atoms with E-state index in [1.807, 2.05) is 12.1 Å². The minimum atomic E-state index is -1.33. The zero-order valence-corrected chi connectivity index (χ0v) is 13.6. The van der Waals surface area contributed by atoms with Crippen molar-refractivity contribution in [2.24, 2.45) is 0 Å². The topological polar surface area (TPSA) is 117 Å². The summed E-state index contributed by atoms with van der Waals surface area (Å²) >= 11 is 0. The third-order valence-corrected chi connectivity index (χ3v) is 3.82. The van der Waals surface area contributed by atoms with Gasteiger partial charge in [-0.05, 0) is 17.7 Å². The van der Waals surface area contributed by atoms with Crippen molar-refractivity contribution in [3.05, 3.63) is 29.8 Å². The predicted molar refractivity (Wildman–Crippen MR) is 83.1 cm³/mol. The van der Waals surface area contributed by atoms with Crippen LogP contribution >= 0.6 is 0 Å². The monoisotopic (exact) mass is 341 g/mol. The molecule has 8 nitrogen and oxygen atoms in total. The van der Waals surface area contributed by atoms with Crippen molar-refractivity contribution in [3.63, 3.8) is 0 Å². The van der Waals surface area contributed by atoms with Crippen molar-refractivity contribution in [1.29, 1.82) is 0 Å². The van der Waals surface area contributed by atoms with Gasteiger partial charge >= 0.3 is 0 Å². The lowest BCUT2D eigenvalue weighted by Gasteiger charge is -2.42. The molecule has 0 unspecified atom stereocenters. The van der Waals surface area contributed by atoms with E-state index >= 15 is 0 Å². The van der Waals surface area contributed by atoms with Crippen molar-refractivity contribution in [1.82, 2.24) is 5.32 Å². The van der Waals surface area contributed by atoms with Gasteiger partial charge in [-0.2, -0.15) is 0 Å². The fraction of sp³-hybridized carbons (Fsp3) is 0.562. The molecule has 1 aromatic rings. The molecule has 1 amide bonds. The maximum absolute atomic E-state index is 11.3.